The predicted octanol–water partition coefficient (Wildman–Crippen LogP) is 4.04. The number of benzene rings is 3. The van der Waals surface area contributed by atoms with Crippen molar-refractivity contribution in [2.45, 2.75) is 6.42 Å². The van der Waals surface area contributed by atoms with Gasteiger partial charge in [0, 0.05) is 11.9 Å². The summed E-state index contributed by atoms with van der Waals surface area (Å²) in [6.45, 7) is 0.510. The van der Waals surface area contributed by atoms with Gasteiger partial charge in [0.25, 0.3) is 5.91 Å². The zero-order chi connectivity index (χ0) is 17.9. The molecule has 2 N–H and O–H groups in total. The Morgan fingerprint density at radius 2 is 1.69 bits per heavy atom. The van der Waals surface area contributed by atoms with Crippen LogP contribution in [0, 0.1) is 5.41 Å². The molecule has 0 bridgehead atoms. The molecule has 0 saturated heterocycles. The molecule has 128 valence electrons. The third kappa shape index (κ3) is 3.09. The summed E-state index contributed by atoms with van der Waals surface area (Å²) in [4.78, 5) is 12.5. The lowest BCUT2D eigenvalue weighted by molar-refractivity contribution is 0.0950. The fraction of sp³-hybridized carbons (Fsp3) is 0.0909. The van der Waals surface area contributed by atoms with E-state index in [0.29, 0.717) is 12.1 Å². The van der Waals surface area contributed by atoms with Gasteiger partial charge in [-0.15, -0.1) is 0 Å². The molecule has 4 rings (SSSR count). The molecule has 0 aliphatic rings. The molecule has 1 amide bonds. The molecule has 0 spiro atoms. The highest BCUT2D eigenvalue weighted by Crippen LogP contribution is 2.24. The van der Waals surface area contributed by atoms with E-state index in [1.54, 1.807) is 6.07 Å². The second-order valence-corrected chi connectivity index (χ2v) is 6.18. The van der Waals surface area contributed by atoms with Gasteiger partial charge in [-0.3, -0.25) is 10.2 Å². The maximum Gasteiger partial charge on any atom is 0.256 e. The summed E-state index contributed by atoms with van der Waals surface area (Å²) in [6.07, 6.45) is 0.744. The number of fused-ring (bicyclic) bond motifs is 3. The van der Waals surface area contributed by atoms with Crippen LogP contribution in [0.5, 0.6) is 0 Å². The first-order valence-electron chi connectivity index (χ1n) is 8.55. The second kappa shape index (κ2) is 6.84. The Kier molecular flexibility index (Phi) is 4.23. The van der Waals surface area contributed by atoms with Crippen molar-refractivity contribution in [2.75, 3.05) is 6.54 Å². The normalized spacial score (nSPS) is 10.9. The van der Waals surface area contributed by atoms with Gasteiger partial charge in [0.05, 0.1) is 0 Å². The highest BCUT2D eigenvalue weighted by Gasteiger charge is 2.12. The van der Waals surface area contributed by atoms with Crippen LogP contribution >= 0.6 is 0 Å². The van der Waals surface area contributed by atoms with Gasteiger partial charge in [-0.05, 0) is 34.9 Å². The molecule has 4 aromatic rings. The van der Waals surface area contributed by atoms with Crippen LogP contribution in [0.1, 0.15) is 15.9 Å². The van der Waals surface area contributed by atoms with Gasteiger partial charge >= 0.3 is 0 Å². The highest BCUT2D eigenvalue weighted by atomic mass is 16.3. The molecule has 0 radical (unpaired) electrons. The van der Waals surface area contributed by atoms with Crippen molar-refractivity contribution in [1.82, 2.24) is 5.32 Å². The minimum Gasteiger partial charge on any atom is -0.438 e. The Bertz CT molecular complexity index is 1150. The van der Waals surface area contributed by atoms with Gasteiger partial charge in [-0.25, -0.2) is 0 Å². The van der Waals surface area contributed by atoms with E-state index < -0.39 is 0 Å². The van der Waals surface area contributed by atoms with Crippen molar-refractivity contribution >= 4 is 27.6 Å². The smallest absolute Gasteiger partial charge is 0.256 e. The summed E-state index contributed by atoms with van der Waals surface area (Å²) in [5.74, 6) is -0.287. The van der Waals surface area contributed by atoms with E-state index in [0.717, 1.165) is 28.1 Å². The van der Waals surface area contributed by atoms with Gasteiger partial charge in [0.2, 0.25) is 5.55 Å². The molecule has 3 aromatic carbocycles. The second-order valence-electron chi connectivity index (χ2n) is 6.18. The van der Waals surface area contributed by atoms with Crippen LogP contribution < -0.4 is 10.9 Å². The Morgan fingerprint density at radius 1 is 0.923 bits per heavy atom. The van der Waals surface area contributed by atoms with Crippen LogP contribution in [0.2, 0.25) is 0 Å². The van der Waals surface area contributed by atoms with E-state index >= 15 is 0 Å². The summed E-state index contributed by atoms with van der Waals surface area (Å²) in [5, 5.41) is 13.9. The fourth-order valence-electron chi connectivity index (χ4n) is 3.12. The van der Waals surface area contributed by atoms with Crippen LogP contribution in [0.3, 0.4) is 0 Å². The monoisotopic (exact) mass is 342 g/mol. The number of nitrogens with one attached hydrogen (secondary N) is 2. The average Bonchev–Trinajstić information content (AvgIpc) is 2.68. The van der Waals surface area contributed by atoms with Crippen molar-refractivity contribution in [3.63, 3.8) is 0 Å². The first kappa shape index (κ1) is 16.1. The summed E-state index contributed by atoms with van der Waals surface area (Å²) in [7, 11) is 0. The zero-order valence-corrected chi connectivity index (χ0v) is 14.2. The van der Waals surface area contributed by atoms with Crippen LogP contribution in [0.25, 0.3) is 21.7 Å². The molecular formula is C22H18N2O2. The van der Waals surface area contributed by atoms with E-state index in [1.165, 1.54) is 0 Å². The topological polar surface area (TPSA) is 66.1 Å². The van der Waals surface area contributed by atoms with Gasteiger partial charge in [0.1, 0.15) is 11.1 Å². The molecule has 1 aromatic heterocycles. The van der Waals surface area contributed by atoms with Crippen molar-refractivity contribution in [2.24, 2.45) is 0 Å². The maximum absolute atomic E-state index is 12.5. The Hall–Kier alpha value is -3.40. The van der Waals surface area contributed by atoms with Crippen LogP contribution in [-0.4, -0.2) is 12.5 Å². The quantitative estimate of drug-likeness (QED) is 0.550. The van der Waals surface area contributed by atoms with Gasteiger partial charge in [-0.2, -0.15) is 0 Å². The van der Waals surface area contributed by atoms with Gasteiger partial charge in [0.15, 0.2) is 0 Å². The standard InChI is InChI=1S/C22H18N2O2/c23-21-19(22(25)24-13-12-15-6-2-1-3-7-15)14-18-17-9-5-4-8-16(17)10-11-20(18)26-21/h1-11,14,23H,12-13H2,(H,24,25). The van der Waals surface area contributed by atoms with E-state index in [9.17, 15) is 4.79 Å². The van der Waals surface area contributed by atoms with E-state index in [2.05, 4.69) is 5.32 Å². The molecule has 0 aliphatic carbocycles. The molecule has 4 heteroatoms. The highest BCUT2D eigenvalue weighted by molar-refractivity contribution is 6.07. The largest absolute Gasteiger partial charge is 0.438 e. The van der Waals surface area contributed by atoms with Crippen LogP contribution in [-0.2, 0) is 6.42 Å². The number of hydrogen-bond acceptors (Lipinski definition) is 3. The molecule has 4 nitrogen and oxygen atoms in total. The lowest BCUT2D eigenvalue weighted by atomic mass is 10.0. The lowest BCUT2D eigenvalue weighted by Crippen LogP contribution is -2.30. The maximum atomic E-state index is 12.5. The number of carbonyl (C=O) groups is 1. The Balaban J connectivity index is 1.63. The zero-order valence-electron chi connectivity index (χ0n) is 14.2. The van der Waals surface area contributed by atoms with Gasteiger partial charge in [-0.1, -0.05) is 60.7 Å². The number of amides is 1. The molecule has 1 heterocycles. The molecule has 0 unspecified atom stereocenters. The summed E-state index contributed by atoms with van der Waals surface area (Å²) in [6, 6.07) is 23.5. The van der Waals surface area contributed by atoms with Crippen LogP contribution in [0.4, 0.5) is 0 Å². The first-order valence-corrected chi connectivity index (χ1v) is 8.55. The summed E-state index contributed by atoms with van der Waals surface area (Å²) >= 11 is 0. The summed E-state index contributed by atoms with van der Waals surface area (Å²) in [5.41, 5.74) is 1.90. The van der Waals surface area contributed by atoms with Gasteiger partial charge < -0.3 is 9.73 Å². The Morgan fingerprint density at radius 3 is 2.54 bits per heavy atom. The molecule has 26 heavy (non-hydrogen) atoms. The van der Waals surface area contributed by atoms with Crippen molar-refractivity contribution < 1.29 is 9.21 Å². The number of rotatable bonds is 4. The van der Waals surface area contributed by atoms with E-state index in [1.807, 2.05) is 66.7 Å². The number of hydrogen-bond donors (Lipinski definition) is 2. The summed E-state index contributed by atoms with van der Waals surface area (Å²) < 4.78 is 5.59. The minimum absolute atomic E-state index is 0.120. The van der Waals surface area contributed by atoms with Crippen molar-refractivity contribution in [3.8, 4) is 0 Å². The van der Waals surface area contributed by atoms with Crippen molar-refractivity contribution in [1.29, 1.82) is 5.41 Å². The lowest BCUT2D eigenvalue weighted by Gasteiger charge is -2.08. The molecule has 0 saturated carbocycles. The molecular weight excluding hydrogens is 324 g/mol. The first-order chi connectivity index (χ1) is 12.7. The van der Waals surface area contributed by atoms with Crippen LogP contribution in [0.15, 0.2) is 77.2 Å². The molecule has 0 atom stereocenters. The average molecular weight is 342 g/mol. The predicted molar refractivity (Wildman–Crippen MR) is 102 cm³/mol. The van der Waals surface area contributed by atoms with Crippen molar-refractivity contribution in [3.05, 3.63) is 89.5 Å². The minimum atomic E-state index is -0.287. The molecule has 0 aliphatic heterocycles. The number of carbonyl (C=O) groups excluding carboxylic acids is 1. The third-order valence-corrected chi connectivity index (χ3v) is 4.46. The Labute approximate surface area is 150 Å². The van der Waals surface area contributed by atoms with E-state index in [-0.39, 0.29) is 17.0 Å². The fourth-order valence-corrected chi connectivity index (χ4v) is 3.12. The third-order valence-electron chi connectivity index (χ3n) is 4.46. The molecule has 0 fully saturated rings. The van der Waals surface area contributed by atoms with E-state index in [4.69, 9.17) is 9.83 Å². The SMILES string of the molecule is N=c1oc2ccc3ccccc3c2cc1C(=O)NCCc1ccccc1.